The summed E-state index contributed by atoms with van der Waals surface area (Å²) in [6.45, 7) is 3.26. The highest BCUT2D eigenvalue weighted by Gasteiger charge is 2.51. The largest absolute Gasteiger partial charge is 0.454 e. The minimum atomic E-state index is -1.51. The number of hydrogen-bond acceptors (Lipinski definition) is 3. The molecule has 26 heavy (non-hydrogen) atoms. The molecule has 0 spiro atoms. The van der Waals surface area contributed by atoms with Gasteiger partial charge in [0.25, 0.3) is 0 Å². The van der Waals surface area contributed by atoms with Gasteiger partial charge in [0.2, 0.25) is 0 Å². The van der Waals surface area contributed by atoms with E-state index < -0.39 is 11.6 Å². The van der Waals surface area contributed by atoms with E-state index in [-0.39, 0.29) is 12.0 Å². The Morgan fingerprint density at radius 1 is 1.08 bits per heavy atom. The number of aliphatic hydroxyl groups is 1. The van der Waals surface area contributed by atoms with E-state index in [1.54, 1.807) is 0 Å². The van der Waals surface area contributed by atoms with Crippen LogP contribution < -0.4 is 0 Å². The fourth-order valence-electron chi connectivity index (χ4n) is 5.44. The Morgan fingerprint density at radius 2 is 1.73 bits per heavy atom. The Balaban J connectivity index is 1.58. The maximum atomic E-state index is 13.3. The number of hydrogen-bond donors (Lipinski definition) is 1. The van der Waals surface area contributed by atoms with Crippen molar-refractivity contribution in [2.24, 2.45) is 11.8 Å². The number of quaternary nitrogens is 1. The number of benzene rings is 1. The van der Waals surface area contributed by atoms with Crippen molar-refractivity contribution in [3.8, 4) is 0 Å². The summed E-state index contributed by atoms with van der Waals surface area (Å²) >= 11 is 0. The third-order valence-corrected chi connectivity index (χ3v) is 7.21. The molecule has 4 fully saturated rings. The van der Waals surface area contributed by atoms with Gasteiger partial charge in [-0.2, -0.15) is 0 Å². The van der Waals surface area contributed by atoms with E-state index in [9.17, 15) is 9.90 Å². The van der Waals surface area contributed by atoms with E-state index in [0.29, 0.717) is 11.5 Å². The van der Waals surface area contributed by atoms with Crippen molar-refractivity contribution in [3.05, 3.63) is 35.9 Å². The third-order valence-electron chi connectivity index (χ3n) is 7.21. The van der Waals surface area contributed by atoms with Crippen LogP contribution in [0.4, 0.5) is 0 Å². The fourth-order valence-corrected chi connectivity index (χ4v) is 5.44. The van der Waals surface area contributed by atoms with Gasteiger partial charge in [0.15, 0.2) is 11.7 Å². The van der Waals surface area contributed by atoms with Crippen LogP contribution in [0.2, 0.25) is 0 Å². The molecule has 4 nitrogen and oxygen atoms in total. The van der Waals surface area contributed by atoms with Gasteiger partial charge in [0.1, 0.15) is 6.54 Å². The van der Waals surface area contributed by atoms with Crippen molar-refractivity contribution >= 4 is 5.97 Å². The van der Waals surface area contributed by atoms with E-state index in [4.69, 9.17) is 4.74 Å². The second-order valence-electron chi connectivity index (χ2n) is 9.00. The lowest BCUT2D eigenvalue weighted by atomic mass is 9.73. The summed E-state index contributed by atoms with van der Waals surface area (Å²) in [6, 6.07) is 9.48. The number of rotatable bonds is 4. The van der Waals surface area contributed by atoms with Crippen LogP contribution in [0.5, 0.6) is 0 Å². The molecule has 3 aliphatic heterocycles. The van der Waals surface area contributed by atoms with Gasteiger partial charge in [0.05, 0.1) is 20.1 Å². The molecule has 0 radical (unpaired) electrons. The first-order valence-corrected chi connectivity index (χ1v) is 10.3. The molecule has 1 N–H and O–H groups in total. The van der Waals surface area contributed by atoms with Gasteiger partial charge in [0, 0.05) is 24.7 Å². The van der Waals surface area contributed by atoms with Crippen LogP contribution in [0.3, 0.4) is 0 Å². The predicted molar refractivity (Wildman–Crippen MR) is 100 cm³/mol. The highest BCUT2D eigenvalue weighted by Crippen LogP contribution is 2.42. The standard InChI is InChI=1S/C22H32NO3/c1-23-14-12-17(13-15-23)20(16-23)26-21(24)22(25,18-8-4-2-5-9-18)19-10-6-3-7-11-19/h2,4-5,8-9,17,19-20,25H,3,6-7,10-16H2,1H3/q+1/t17?,20-,22?,23?/m1/s1. The van der Waals surface area contributed by atoms with Crippen molar-refractivity contribution < 1.29 is 19.1 Å². The summed E-state index contributed by atoms with van der Waals surface area (Å²) in [6.07, 6.45) is 7.33. The van der Waals surface area contributed by atoms with Crippen molar-refractivity contribution in [2.75, 3.05) is 26.7 Å². The van der Waals surface area contributed by atoms with E-state index in [1.807, 2.05) is 30.3 Å². The van der Waals surface area contributed by atoms with Gasteiger partial charge in [-0.15, -0.1) is 0 Å². The van der Waals surface area contributed by atoms with Crippen LogP contribution >= 0.6 is 0 Å². The number of nitrogens with zero attached hydrogens (tertiary/aromatic N) is 1. The first-order valence-electron chi connectivity index (χ1n) is 10.3. The Bertz CT molecular complexity index is 632. The molecule has 1 saturated carbocycles. The summed E-state index contributed by atoms with van der Waals surface area (Å²) < 4.78 is 7.06. The van der Waals surface area contributed by atoms with Crippen molar-refractivity contribution in [2.45, 2.75) is 56.7 Å². The van der Waals surface area contributed by atoms with Crippen LogP contribution in [0.25, 0.3) is 0 Å². The molecular formula is C22H32NO3+. The second kappa shape index (κ2) is 6.97. The number of fused-ring (bicyclic) bond motifs is 3. The molecule has 5 rings (SSSR count). The Kier molecular flexibility index (Phi) is 4.83. The van der Waals surface area contributed by atoms with Gasteiger partial charge >= 0.3 is 5.97 Å². The Morgan fingerprint density at radius 3 is 2.35 bits per heavy atom. The molecule has 2 atom stereocenters. The molecule has 4 heteroatoms. The third kappa shape index (κ3) is 3.18. The summed E-state index contributed by atoms with van der Waals surface area (Å²) in [5, 5.41) is 11.7. The minimum absolute atomic E-state index is 0.0444. The molecule has 142 valence electrons. The minimum Gasteiger partial charge on any atom is -0.454 e. The Hall–Kier alpha value is -1.39. The van der Waals surface area contributed by atoms with Gasteiger partial charge in [-0.1, -0.05) is 49.6 Å². The van der Waals surface area contributed by atoms with Crippen molar-refractivity contribution in [1.82, 2.24) is 0 Å². The zero-order valence-electron chi connectivity index (χ0n) is 15.9. The number of likely N-dealkylation sites (N-methyl/N-ethyl adjacent to an activating group) is 1. The number of piperidine rings is 3. The lowest BCUT2D eigenvalue weighted by molar-refractivity contribution is -0.928. The molecule has 3 heterocycles. The highest BCUT2D eigenvalue weighted by molar-refractivity contribution is 5.81. The molecule has 2 bridgehead atoms. The summed E-state index contributed by atoms with van der Waals surface area (Å²) in [5.74, 6) is 0.00299. The van der Waals surface area contributed by atoms with E-state index in [0.717, 1.165) is 49.6 Å². The predicted octanol–water partition coefficient (Wildman–Crippen LogP) is 3.24. The van der Waals surface area contributed by atoms with E-state index in [1.165, 1.54) is 19.5 Å². The normalized spacial score (nSPS) is 34.2. The molecule has 1 aliphatic carbocycles. The van der Waals surface area contributed by atoms with Crippen molar-refractivity contribution in [3.63, 3.8) is 0 Å². The van der Waals surface area contributed by atoms with Crippen LogP contribution in [0, 0.1) is 11.8 Å². The van der Waals surface area contributed by atoms with E-state index >= 15 is 0 Å². The van der Waals surface area contributed by atoms with Crippen LogP contribution in [-0.4, -0.2) is 48.3 Å². The first kappa shape index (κ1) is 18.0. The lowest BCUT2D eigenvalue weighted by Gasteiger charge is -2.50. The summed E-state index contributed by atoms with van der Waals surface area (Å²) in [7, 11) is 2.26. The molecule has 1 unspecified atom stereocenters. The van der Waals surface area contributed by atoms with E-state index in [2.05, 4.69) is 7.05 Å². The topological polar surface area (TPSA) is 46.5 Å². The molecule has 1 aromatic carbocycles. The molecule has 1 aromatic rings. The number of carbonyl (C=O) groups excluding carboxylic acids is 1. The average molecular weight is 359 g/mol. The smallest absolute Gasteiger partial charge is 0.343 e. The molecule has 0 aromatic heterocycles. The van der Waals surface area contributed by atoms with Crippen LogP contribution in [-0.2, 0) is 15.1 Å². The SMILES string of the molecule is C[N+]12CCC(CC1)[C@H](OC(=O)C(O)(c1ccccc1)C1CCCCC1)C2. The number of carbonyl (C=O) groups is 1. The molecule has 4 aliphatic rings. The van der Waals surface area contributed by atoms with Gasteiger partial charge in [-0.05, 0) is 18.4 Å². The quantitative estimate of drug-likeness (QED) is 0.664. The number of esters is 1. The van der Waals surface area contributed by atoms with Crippen LogP contribution in [0.1, 0.15) is 50.5 Å². The fraction of sp³-hybridized carbons (Fsp3) is 0.682. The lowest BCUT2D eigenvalue weighted by Crippen LogP contribution is -2.63. The first-order chi connectivity index (χ1) is 12.5. The van der Waals surface area contributed by atoms with Crippen molar-refractivity contribution in [1.29, 1.82) is 0 Å². The van der Waals surface area contributed by atoms with Gasteiger partial charge in [-0.3, -0.25) is 0 Å². The summed E-state index contributed by atoms with van der Waals surface area (Å²) in [4.78, 5) is 13.3. The molecule has 0 amide bonds. The zero-order chi connectivity index (χ0) is 18.2. The monoisotopic (exact) mass is 358 g/mol. The maximum absolute atomic E-state index is 13.3. The average Bonchev–Trinajstić information content (AvgIpc) is 2.69. The van der Waals surface area contributed by atoms with Gasteiger partial charge < -0.3 is 14.3 Å². The zero-order valence-corrected chi connectivity index (χ0v) is 15.9. The Labute approximate surface area is 156 Å². The second-order valence-corrected chi connectivity index (χ2v) is 9.00. The van der Waals surface area contributed by atoms with Crippen LogP contribution in [0.15, 0.2) is 30.3 Å². The molecule has 3 saturated heterocycles. The number of ether oxygens (including phenoxy) is 1. The molecular weight excluding hydrogens is 326 g/mol. The highest BCUT2D eigenvalue weighted by atomic mass is 16.6. The maximum Gasteiger partial charge on any atom is 0.343 e. The van der Waals surface area contributed by atoms with Gasteiger partial charge in [-0.25, -0.2) is 4.79 Å². The summed E-state index contributed by atoms with van der Waals surface area (Å²) in [5.41, 5.74) is -0.815.